The van der Waals surface area contributed by atoms with Gasteiger partial charge in [-0.1, -0.05) is 11.6 Å². The van der Waals surface area contributed by atoms with E-state index in [-0.39, 0.29) is 15.9 Å². The van der Waals surface area contributed by atoms with Gasteiger partial charge in [-0.2, -0.15) is 0 Å². The van der Waals surface area contributed by atoms with E-state index in [9.17, 15) is 13.6 Å². The van der Waals surface area contributed by atoms with Crippen LogP contribution in [-0.2, 0) is 0 Å². The summed E-state index contributed by atoms with van der Waals surface area (Å²) >= 11 is 5.60. The minimum atomic E-state index is -1.35. The third-order valence-corrected chi connectivity index (χ3v) is 2.34. The molecule has 2 aromatic rings. The lowest BCUT2D eigenvalue weighted by atomic mass is 10.1. The zero-order valence-electron chi connectivity index (χ0n) is 7.67. The summed E-state index contributed by atoms with van der Waals surface area (Å²) in [5.74, 6) is -2.85. The van der Waals surface area contributed by atoms with E-state index in [0.29, 0.717) is 0 Å². The fourth-order valence-electron chi connectivity index (χ4n) is 1.36. The molecule has 0 aliphatic heterocycles. The molecule has 2 rings (SSSR count). The molecule has 0 bridgehead atoms. The molecule has 1 N–H and O–H groups in total. The topological polar surface area (TPSA) is 50.2 Å². The highest BCUT2D eigenvalue weighted by molar-refractivity contribution is 6.34. The first-order chi connectivity index (χ1) is 7.50. The quantitative estimate of drug-likeness (QED) is 0.784. The monoisotopic (exact) mass is 243 g/mol. The van der Waals surface area contributed by atoms with Gasteiger partial charge in [-0.25, -0.2) is 18.6 Å². The lowest BCUT2D eigenvalue weighted by molar-refractivity contribution is 0.0690. The van der Waals surface area contributed by atoms with Crippen LogP contribution in [0.4, 0.5) is 8.78 Å². The first-order valence-corrected chi connectivity index (χ1v) is 4.56. The summed E-state index contributed by atoms with van der Waals surface area (Å²) in [6, 6.07) is 2.76. The number of nitrogens with zero attached hydrogens (tertiary/aromatic N) is 1. The summed E-state index contributed by atoms with van der Waals surface area (Å²) in [6.07, 6.45) is 0. The van der Waals surface area contributed by atoms with Gasteiger partial charge in [-0.15, -0.1) is 0 Å². The van der Waals surface area contributed by atoms with Crippen LogP contribution in [0.5, 0.6) is 0 Å². The molecule has 0 spiro atoms. The van der Waals surface area contributed by atoms with Gasteiger partial charge in [0.05, 0.1) is 5.39 Å². The second kappa shape index (κ2) is 3.68. The van der Waals surface area contributed by atoms with Crippen molar-refractivity contribution in [2.75, 3.05) is 0 Å². The minimum Gasteiger partial charge on any atom is -0.477 e. The van der Waals surface area contributed by atoms with Gasteiger partial charge in [0, 0.05) is 5.39 Å². The van der Waals surface area contributed by atoms with Crippen LogP contribution in [0.15, 0.2) is 18.2 Å². The molecule has 16 heavy (non-hydrogen) atoms. The number of hydrogen-bond donors (Lipinski definition) is 1. The van der Waals surface area contributed by atoms with Gasteiger partial charge in [0.25, 0.3) is 0 Å². The van der Waals surface area contributed by atoms with Crippen molar-refractivity contribution in [1.29, 1.82) is 0 Å². The Hall–Kier alpha value is -1.75. The molecule has 3 nitrogen and oxygen atoms in total. The molecule has 0 atom stereocenters. The van der Waals surface area contributed by atoms with Crippen molar-refractivity contribution < 1.29 is 18.7 Å². The molecule has 0 fully saturated rings. The highest BCUT2D eigenvalue weighted by Gasteiger charge is 2.15. The number of rotatable bonds is 1. The van der Waals surface area contributed by atoms with E-state index in [0.717, 1.165) is 18.2 Å². The molecule has 82 valence electrons. The lowest BCUT2D eigenvalue weighted by Crippen LogP contribution is -2.01. The molecular formula is C10H4ClF2NO2. The highest BCUT2D eigenvalue weighted by atomic mass is 35.5. The van der Waals surface area contributed by atoms with Crippen LogP contribution in [0.3, 0.4) is 0 Å². The predicted molar refractivity (Wildman–Crippen MR) is 53.6 cm³/mol. The number of fused-ring (bicyclic) bond motifs is 1. The maximum absolute atomic E-state index is 13.3. The van der Waals surface area contributed by atoms with E-state index in [4.69, 9.17) is 16.7 Å². The van der Waals surface area contributed by atoms with E-state index in [2.05, 4.69) is 4.98 Å². The fourth-order valence-corrected chi connectivity index (χ4v) is 1.64. The summed E-state index contributed by atoms with van der Waals surface area (Å²) < 4.78 is 26.7. The fraction of sp³-hybridized carbons (Fsp3) is 0. The van der Waals surface area contributed by atoms with Crippen LogP contribution >= 0.6 is 11.6 Å². The Morgan fingerprint density at radius 1 is 1.31 bits per heavy atom. The van der Waals surface area contributed by atoms with Crippen molar-refractivity contribution in [3.05, 3.63) is 40.7 Å². The number of halogens is 3. The van der Waals surface area contributed by atoms with Crippen molar-refractivity contribution >= 4 is 28.3 Å². The van der Waals surface area contributed by atoms with E-state index < -0.39 is 23.3 Å². The van der Waals surface area contributed by atoms with Crippen molar-refractivity contribution in [3.63, 3.8) is 0 Å². The number of carboxylic acid groups (broad SMARTS) is 1. The number of hydrogen-bond acceptors (Lipinski definition) is 2. The summed E-state index contributed by atoms with van der Waals surface area (Å²) in [5, 5.41) is 7.91. The molecule has 0 saturated carbocycles. The Bertz CT molecular complexity index is 601. The smallest absolute Gasteiger partial charge is 0.354 e. The largest absolute Gasteiger partial charge is 0.477 e. The Labute approximate surface area is 93.3 Å². The Kier molecular flexibility index (Phi) is 2.47. The van der Waals surface area contributed by atoms with Crippen LogP contribution in [0.2, 0.25) is 5.15 Å². The van der Waals surface area contributed by atoms with Crippen LogP contribution in [-0.4, -0.2) is 16.1 Å². The SMILES string of the molecule is O=C(O)c1cc2c(F)ccc(F)c2c(Cl)n1. The number of aromatic carboxylic acids is 1. The Balaban J connectivity index is 2.92. The summed E-state index contributed by atoms with van der Waals surface area (Å²) in [7, 11) is 0. The van der Waals surface area contributed by atoms with Gasteiger partial charge >= 0.3 is 5.97 Å². The second-order valence-electron chi connectivity index (χ2n) is 3.06. The number of aromatic nitrogens is 1. The molecule has 0 amide bonds. The third kappa shape index (κ3) is 1.59. The molecule has 0 unspecified atom stereocenters. The molecule has 1 aromatic carbocycles. The van der Waals surface area contributed by atoms with E-state index in [1.165, 1.54) is 0 Å². The average molecular weight is 244 g/mol. The van der Waals surface area contributed by atoms with Gasteiger partial charge in [-0.05, 0) is 18.2 Å². The number of pyridine rings is 1. The van der Waals surface area contributed by atoms with E-state index >= 15 is 0 Å². The summed E-state index contributed by atoms with van der Waals surface area (Å²) in [4.78, 5) is 14.1. The van der Waals surface area contributed by atoms with Gasteiger partial charge in [0.15, 0.2) is 5.69 Å². The maximum Gasteiger partial charge on any atom is 0.354 e. The van der Waals surface area contributed by atoms with Crippen LogP contribution in [0, 0.1) is 11.6 Å². The average Bonchev–Trinajstić information content (AvgIpc) is 2.22. The van der Waals surface area contributed by atoms with Crippen molar-refractivity contribution in [1.82, 2.24) is 4.98 Å². The highest BCUT2D eigenvalue weighted by Crippen LogP contribution is 2.27. The van der Waals surface area contributed by atoms with Crippen LogP contribution in [0.1, 0.15) is 10.5 Å². The Morgan fingerprint density at radius 2 is 1.94 bits per heavy atom. The molecule has 1 heterocycles. The van der Waals surface area contributed by atoms with Crippen LogP contribution in [0.25, 0.3) is 10.8 Å². The standard InChI is InChI=1S/C10H4ClF2NO2/c11-9-8-4(3-7(14-9)10(15)16)5(12)1-2-6(8)13/h1-3H,(H,15,16). The second-order valence-corrected chi connectivity index (χ2v) is 3.41. The van der Waals surface area contributed by atoms with Crippen molar-refractivity contribution in [2.24, 2.45) is 0 Å². The number of benzene rings is 1. The first kappa shape index (κ1) is 10.8. The molecule has 6 heteroatoms. The van der Waals surface area contributed by atoms with Crippen LogP contribution < -0.4 is 0 Å². The molecule has 0 saturated heterocycles. The lowest BCUT2D eigenvalue weighted by Gasteiger charge is -2.04. The summed E-state index contributed by atoms with van der Waals surface area (Å²) in [6.45, 7) is 0. The van der Waals surface area contributed by atoms with Gasteiger partial charge in [-0.3, -0.25) is 0 Å². The molecule has 0 radical (unpaired) electrons. The minimum absolute atomic E-state index is 0.197. The van der Waals surface area contributed by atoms with E-state index in [1.807, 2.05) is 0 Å². The zero-order valence-corrected chi connectivity index (χ0v) is 8.42. The molecule has 1 aromatic heterocycles. The molecular weight excluding hydrogens is 240 g/mol. The zero-order chi connectivity index (χ0) is 11.9. The maximum atomic E-state index is 13.3. The van der Waals surface area contributed by atoms with Crippen molar-refractivity contribution in [3.8, 4) is 0 Å². The Morgan fingerprint density at radius 3 is 2.56 bits per heavy atom. The first-order valence-electron chi connectivity index (χ1n) is 4.18. The van der Waals surface area contributed by atoms with Gasteiger partial charge in [0.1, 0.15) is 16.8 Å². The van der Waals surface area contributed by atoms with E-state index in [1.54, 1.807) is 0 Å². The van der Waals surface area contributed by atoms with Crippen molar-refractivity contribution in [2.45, 2.75) is 0 Å². The number of carboxylic acids is 1. The molecule has 0 aliphatic rings. The predicted octanol–water partition coefficient (Wildman–Crippen LogP) is 2.86. The summed E-state index contributed by atoms with van der Waals surface area (Å²) in [5.41, 5.74) is -0.429. The normalized spacial score (nSPS) is 10.7. The van der Waals surface area contributed by atoms with Gasteiger partial charge in [0.2, 0.25) is 0 Å². The number of carbonyl (C=O) groups is 1. The third-order valence-electron chi connectivity index (χ3n) is 2.07. The molecule has 0 aliphatic carbocycles. The van der Waals surface area contributed by atoms with Gasteiger partial charge < -0.3 is 5.11 Å².